The first-order valence-corrected chi connectivity index (χ1v) is 12.7. The Morgan fingerprint density at radius 2 is 1.65 bits per heavy atom. The molecule has 7 nitrogen and oxygen atoms in total. The van der Waals surface area contributed by atoms with Gasteiger partial charge in [0.25, 0.3) is 5.91 Å². The molecule has 0 bridgehead atoms. The Bertz CT molecular complexity index is 1240. The zero-order valence-corrected chi connectivity index (χ0v) is 21.0. The number of aromatic hydroxyl groups is 1. The molecule has 0 aromatic heterocycles. The van der Waals surface area contributed by atoms with E-state index in [9.17, 15) is 14.7 Å². The van der Waals surface area contributed by atoms with Crippen LogP contribution in [0, 0.1) is 5.41 Å². The summed E-state index contributed by atoms with van der Waals surface area (Å²) >= 11 is 0. The Morgan fingerprint density at radius 1 is 0.973 bits per heavy atom. The fraction of sp³-hybridized carbons (Fsp3) is 0.333. The molecular formula is C30H32N2O5. The van der Waals surface area contributed by atoms with E-state index in [2.05, 4.69) is 5.32 Å². The van der Waals surface area contributed by atoms with Crippen LogP contribution in [0.15, 0.2) is 72.8 Å². The molecule has 1 spiro atoms. The zero-order chi connectivity index (χ0) is 25.8. The summed E-state index contributed by atoms with van der Waals surface area (Å²) in [5, 5.41) is 13.0. The average molecular weight is 501 g/mol. The van der Waals surface area contributed by atoms with Gasteiger partial charge in [0.1, 0.15) is 11.5 Å². The van der Waals surface area contributed by atoms with Crippen LogP contribution in [0.2, 0.25) is 0 Å². The van der Waals surface area contributed by atoms with Gasteiger partial charge in [0, 0.05) is 24.7 Å². The largest absolute Gasteiger partial charge is 0.504 e. The molecule has 37 heavy (non-hydrogen) atoms. The summed E-state index contributed by atoms with van der Waals surface area (Å²) in [6.07, 6.45) is 4.01. The van der Waals surface area contributed by atoms with Crippen LogP contribution in [0.3, 0.4) is 0 Å². The number of hydrogen-bond acceptors (Lipinski definition) is 5. The number of nitrogens with zero attached hydrogens (tertiary/aromatic N) is 1. The second-order valence-electron chi connectivity index (χ2n) is 10.1. The molecule has 2 aliphatic rings. The van der Waals surface area contributed by atoms with Gasteiger partial charge in [0.2, 0.25) is 5.91 Å². The Morgan fingerprint density at radius 3 is 2.30 bits per heavy atom. The SMILES string of the molecule is COc1ccc(CC(=O)NC2CC3(CCN(C(=O)c4ccc(Oc5ccccc5)cc4)CC3)C2)cc1O. The summed E-state index contributed by atoms with van der Waals surface area (Å²) in [7, 11) is 1.49. The second-order valence-corrected chi connectivity index (χ2v) is 10.1. The second kappa shape index (κ2) is 10.5. The van der Waals surface area contributed by atoms with Crippen LogP contribution < -0.4 is 14.8 Å². The van der Waals surface area contributed by atoms with E-state index in [1.54, 1.807) is 18.2 Å². The number of nitrogens with one attached hydrogen (secondary N) is 1. The third-order valence-electron chi connectivity index (χ3n) is 7.52. The van der Waals surface area contributed by atoms with Gasteiger partial charge in [-0.05, 0) is 85.2 Å². The summed E-state index contributed by atoms with van der Waals surface area (Å²) in [6.45, 7) is 1.46. The number of phenols is 1. The quantitative estimate of drug-likeness (QED) is 0.480. The number of amides is 2. The van der Waals surface area contributed by atoms with E-state index >= 15 is 0 Å². The minimum atomic E-state index is -0.0447. The van der Waals surface area contributed by atoms with Crippen LogP contribution in [0.4, 0.5) is 0 Å². The van der Waals surface area contributed by atoms with Crippen molar-refractivity contribution in [2.45, 2.75) is 38.1 Å². The lowest BCUT2D eigenvalue weighted by Gasteiger charge is -2.52. The maximum absolute atomic E-state index is 13.0. The predicted octanol–water partition coefficient (Wildman–Crippen LogP) is 4.94. The molecule has 0 radical (unpaired) electrons. The first-order valence-electron chi connectivity index (χ1n) is 12.7. The van der Waals surface area contributed by atoms with Gasteiger partial charge >= 0.3 is 0 Å². The first kappa shape index (κ1) is 24.7. The van der Waals surface area contributed by atoms with Crippen LogP contribution in [0.5, 0.6) is 23.0 Å². The van der Waals surface area contributed by atoms with E-state index in [0.29, 0.717) is 17.1 Å². The van der Waals surface area contributed by atoms with Crippen LogP contribution >= 0.6 is 0 Å². The standard InChI is InChI=1S/C30H32N2O5/c1-36-27-12-7-21(17-26(27)33)18-28(34)31-23-19-30(20-23)13-15-32(16-14-30)29(35)22-8-10-25(11-9-22)37-24-5-3-2-4-6-24/h2-12,17,23,33H,13-16,18-20H2,1H3,(H,31,34). The van der Waals surface area contributed by atoms with Crippen molar-refractivity contribution in [1.82, 2.24) is 10.2 Å². The van der Waals surface area contributed by atoms with Crippen molar-refractivity contribution in [1.29, 1.82) is 0 Å². The molecule has 192 valence electrons. The molecule has 1 saturated heterocycles. The number of para-hydroxylation sites is 1. The van der Waals surface area contributed by atoms with E-state index in [1.165, 1.54) is 7.11 Å². The molecule has 0 atom stereocenters. The van der Waals surface area contributed by atoms with Gasteiger partial charge in [-0.15, -0.1) is 0 Å². The molecule has 1 heterocycles. The van der Waals surface area contributed by atoms with Crippen LogP contribution in [-0.2, 0) is 11.2 Å². The summed E-state index contributed by atoms with van der Waals surface area (Å²) in [5.74, 6) is 1.89. The number of benzene rings is 3. The number of phenolic OH excluding ortho intramolecular Hbond substituents is 1. The van der Waals surface area contributed by atoms with E-state index in [-0.39, 0.29) is 35.4 Å². The predicted molar refractivity (Wildman–Crippen MR) is 140 cm³/mol. The molecule has 3 aromatic rings. The van der Waals surface area contributed by atoms with Crippen molar-refractivity contribution in [3.8, 4) is 23.0 Å². The Kier molecular flexibility index (Phi) is 7.04. The van der Waals surface area contributed by atoms with Crippen LogP contribution in [-0.4, -0.2) is 48.1 Å². The third kappa shape index (κ3) is 5.71. The van der Waals surface area contributed by atoms with Crippen LogP contribution in [0.1, 0.15) is 41.6 Å². The summed E-state index contributed by atoms with van der Waals surface area (Å²) < 4.78 is 10.9. The number of methoxy groups -OCH3 is 1. The lowest BCUT2D eigenvalue weighted by Crippen LogP contribution is -2.55. The molecule has 1 aliphatic carbocycles. The molecule has 3 aromatic carbocycles. The van der Waals surface area contributed by atoms with Crippen molar-refractivity contribution in [2.75, 3.05) is 20.2 Å². The smallest absolute Gasteiger partial charge is 0.253 e. The van der Waals surface area contributed by atoms with Gasteiger partial charge in [-0.3, -0.25) is 9.59 Å². The highest BCUT2D eigenvalue weighted by molar-refractivity contribution is 5.94. The fourth-order valence-electron chi connectivity index (χ4n) is 5.46. The fourth-order valence-corrected chi connectivity index (χ4v) is 5.46. The number of carbonyl (C=O) groups excluding carboxylic acids is 2. The molecule has 2 amide bonds. The topological polar surface area (TPSA) is 88.1 Å². The molecular weight excluding hydrogens is 468 g/mol. The number of rotatable bonds is 7. The molecule has 1 aliphatic heterocycles. The van der Waals surface area contributed by atoms with Crippen molar-refractivity contribution in [3.05, 3.63) is 83.9 Å². The zero-order valence-electron chi connectivity index (χ0n) is 21.0. The lowest BCUT2D eigenvalue weighted by molar-refractivity contribution is -0.123. The average Bonchev–Trinajstić information content (AvgIpc) is 2.89. The van der Waals surface area contributed by atoms with Gasteiger partial charge in [-0.1, -0.05) is 24.3 Å². The molecule has 5 rings (SSSR count). The third-order valence-corrected chi connectivity index (χ3v) is 7.52. The van der Waals surface area contributed by atoms with Crippen LogP contribution in [0.25, 0.3) is 0 Å². The lowest BCUT2D eigenvalue weighted by atomic mass is 9.60. The van der Waals surface area contributed by atoms with Gasteiger partial charge in [0.05, 0.1) is 13.5 Å². The van der Waals surface area contributed by atoms with E-state index in [0.717, 1.165) is 50.1 Å². The van der Waals surface area contributed by atoms with E-state index < -0.39 is 0 Å². The van der Waals surface area contributed by atoms with E-state index in [4.69, 9.17) is 9.47 Å². The minimum Gasteiger partial charge on any atom is -0.504 e. The monoisotopic (exact) mass is 500 g/mol. The Hall–Kier alpha value is -4.00. The molecule has 2 fully saturated rings. The first-order chi connectivity index (χ1) is 17.9. The highest BCUT2D eigenvalue weighted by atomic mass is 16.5. The number of piperidine rings is 1. The minimum absolute atomic E-state index is 0.0353. The summed E-state index contributed by atoms with van der Waals surface area (Å²) in [6, 6.07) is 22.1. The van der Waals surface area contributed by atoms with Gasteiger partial charge in [-0.2, -0.15) is 0 Å². The highest BCUT2D eigenvalue weighted by Crippen LogP contribution is 2.49. The normalized spacial score (nSPS) is 16.6. The molecule has 0 unspecified atom stereocenters. The number of likely N-dealkylation sites (tertiary alicyclic amines) is 1. The number of ether oxygens (including phenoxy) is 2. The number of carbonyl (C=O) groups is 2. The molecule has 2 N–H and O–H groups in total. The highest BCUT2D eigenvalue weighted by Gasteiger charge is 2.46. The number of hydrogen-bond donors (Lipinski definition) is 2. The van der Waals surface area contributed by atoms with Crippen molar-refractivity contribution >= 4 is 11.8 Å². The molecule has 1 saturated carbocycles. The van der Waals surface area contributed by atoms with Crippen molar-refractivity contribution < 1.29 is 24.2 Å². The Balaban J connectivity index is 1.07. The molecule has 7 heteroatoms. The maximum atomic E-state index is 13.0. The summed E-state index contributed by atoms with van der Waals surface area (Å²) in [5.41, 5.74) is 1.62. The maximum Gasteiger partial charge on any atom is 0.253 e. The Labute approximate surface area is 217 Å². The van der Waals surface area contributed by atoms with Gasteiger partial charge in [-0.25, -0.2) is 0 Å². The van der Waals surface area contributed by atoms with Gasteiger partial charge in [0.15, 0.2) is 11.5 Å². The van der Waals surface area contributed by atoms with Crippen molar-refractivity contribution in [2.24, 2.45) is 5.41 Å². The summed E-state index contributed by atoms with van der Waals surface area (Å²) in [4.78, 5) is 27.5. The van der Waals surface area contributed by atoms with Crippen molar-refractivity contribution in [3.63, 3.8) is 0 Å². The van der Waals surface area contributed by atoms with Gasteiger partial charge < -0.3 is 24.8 Å². The van der Waals surface area contributed by atoms with E-state index in [1.807, 2.05) is 59.5 Å².